The lowest BCUT2D eigenvalue weighted by molar-refractivity contribution is -0.433. The number of rotatable bonds is 0. The second-order valence-electron chi connectivity index (χ2n) is 2.75. The minimum Gasteiger partial charge on any atom is -0.205 e. The van der Waals surface area contributed by atoms with Crippen LogP contribution in [0.5, 0.6) is 0 Å². The van der Waals surface area contributed by atoms with Gasteiger partial charge in [0, 0.05) is 19.1 Å². The van der Waals surface area contributed by atoms with Crippen LogP contribution in [0.25, 0.3) is 0 Å². The molecular formula is C8H9F3N+. The first-order valence-electron chi connectivity index (χ1n) is 3.47. The molecule has 1 heterocycles. The minimum absolute atomic E-state index is 0.516. The van der Waals surface area contributed by atoms with Crippen molar-refractivity contribution in [1.82, 2.24) is 0 Å². The van der Waals surface area contributed by atoms with Crippen LogP contribution in [0.2, 0.25) is 0 Å². The van der Waals surface area contributed by atoms with Gasteiger partial charge >= 0.3 is 6.18 Å². The molecule has 0 aliphatic heterocycles. The summed E-state index contributed by atoms with van der Waals surface area (Å²) in [7, 11) is 0. The summed E-state index contributed by atoms with van der Waals surface area (Å²) in [5.74, 6) is 0. The van der Waals surface area contributed by atoms with E-state index in [1.54, 1.807) is 19.9 Å². The maximum Gasteiger partial charge on any atom is 0.477 e. The number of alkyl halides is 3. The van der Waals surface area contributed by atoms with Crippen molar-refractivity contribution in [3.8, 4) is 0 Å². The summed E-state index contributed by atoms with van der Waals surface area (Å²) in [6.07, 6.45) is -4.28. The van der Waals surface area contributed by atoms with Crippen molar-refractivity contribution in [2.45, 2.75) is 20.0 Å². The SMILES string of the molecule is Cc1cc(C)[nH+]c(C(F)(F)F)c1. The van der Waals surface area contributed by atoms with Gasteiger partial charge in [0.2, 0.25) is 0 Å². The number of nitrogens with one attached hydrogen (secondary N) is 1. The molecule has 12 heavy (non-hydrogen) atoms. The van der Waals surface area contributed by atoms with E-state index in [9.17, 15) is 13.2 Å². The predicted molar refractivity (Wildman–Crippen MR) is 37.5 cm³/mol. The smallest absolute Gasteiger partial charge is 0.205 e. The van der Waals surface area contributed by atoms with Crippen LogP contribution in [-0.4, -0.2) is 0 Å². The Labute approximate surface area is 68.2 Å². The van der Waals surface area contributed by atoms with E-state index in [2.05, 4.69) is 4.98 Å². The van der Waals surface area contributed by atoms with Crippen molar-refractivity contribution >= 4 is 0 Å². The lowest BCUT2D eigenvalue weighted by atomic mass is 10.2. The van der Waals surface area contributed by atoms with Gasteiger partial charge in [-0.05, 0) is 12.5 Å². The van der Waals surface area contributed by atoms with E-state index < -0.39 is 11.9 Å². The molecule has 1 nitrogen and oxygen atoms in total. The number of aryl methyl sites for hydroxylation is 2. The van der Waals surface area contributed by atoms with Gasteiger partial charge in [0.25, 0.3) is 5.69 Å². The summed E-state index contributed by atoms with van der Waals surface area (Å²) in [5, 5.41) is 0. The molecule has 0 saturated heterocycles. The van der Waals surface area contributed by atoms with Crippen molar-refractivity contribution in [3.05, 3.63) is 29.1 Å². The number of hydrogen-bond donors (Lipinski definition) is 0. The van der Waals surface area contributed by atoms with Crippen molar-refractivity contribution < 1.29 is 18.2 Å². The maximum atomic E-state index is 12.1. The molecule has 1 aromatic heterocycles. The zero-order valence-electron chi connectivity index (χ0n) is 6.79. The Hall–Kier alpha value is -1.06. The third-order valence-electron chi connectivity index (χ3n) is 1.45. The molecule has 0 fully saturated rings. The van der Waals surface area contributed by atoms with Crippen LogP contribution in [0, 0.1) is 13.8 Å². The van der Waals surface area contributed by atoms with Gasteiger partial charge in [0.1, 0.15) is 0 Å². The van der Waals surface area contributed by atoms with Crippen molar-refractivity contribution in [2.75, 3.05) is 0 Å². The molecule has 0 aliphatic carbocycles. The second kappa shape index (κ2) is 2.77. The van der Waals surface area contributed by atoms with Gasteiger partial charge in [-0.25, -0.2) is 4.98 Å². The molecule has 0 radical (unpaired) electrons. The van der Waals surface area contributed by atoms with Crippen molar-refractivity contribution in [1.29, 1.82) is 0 Å². The first-order valence-corrected chi connectivity index (χ1v) is 3.47. The van der Waals surface area contributed by atoms with Crippen molar-refractivity contribution in [2.24, 2.45) is 0 Å². The van der Waals surface area contributed by atoms with Crippen LogP contribution >= 0.6 is 0 Å². The average Bonchev–Trinajstić information content (AvgIpc) is 1.82. The standard InChI is InChI=1S/C8H8F3N/c1-5-3-6(2)12-7(4-5)8(9,10)11/h3-4H,1-2H3/p+1. The largest absolute Gasteiger partial charge is 0.477 e. The molecule has 0 spiro atoms. The quantitative estimate of drug-likeness (QED) is 0.575. The first-order chi connectivity index (χ1) is 5.39. The Balaban J connectivity index is 3.18. The van der Waals surface area contributed by atoms with E-state index >= 15 is 0 Å². The Morgan fingerprint density at radius 3 is 2.17 bits per heavy atom. The molecular weight excluding hydrogens is 167 g/mol. The lowest BCUT2D eigenvalue weighted by Gasteiger charge is -2.01. The summed E-state index contributed by atoms with van der Waals surface area (Å²) >= 11 is 0. The highest BCUT2D eigenvalue weighted by Crippen LogP contribution is 2.26. The van der Waals surface area contributed by atoms with Crippen LogP contribution in [-0.2, 0) is 6.18 Å². The molecule has 0 saturated carbocycles. The zero-order valence-corrected chi connectivity index (χ0v) is 6.79. The van der Waals surface area contributed by atoms with Crippen LogP contribution in [0.4, 0.5) is 13.2 Å². The molecule has 0 atom stereocenters. The lowest BCUT2D eigenvalue weighted by Crippen LogP contribution is -2.23. The highest BCUT2D eigenvalue weighted by molar-refractivity contribution is 5.15. The summed E-state index contributed by atoms with van der Waals surface area (Å²) in [6.45, 7) is 3.23. The maximum absolute atomic E-state index is 12.1. The van der Waals surface area contributed by atoms with Gasteiger partial charge < -0.3 is 0 Å². The fourth-order valence-electron chi connectivity index (χ4n) is 1.05. The number of H-pyrrole nitrogens is 1. The molecule has 4 heteroatoms. The molecule has 1 rings (SSSR count). The molecule has 0 bridgehead atoms. The minimum atomic E-state index is -4.28. The Morgan fingerprint density at radius 1 is 1.17 bits per heavy atom. The summed E-state index contributed by atoms with van der Waals surface area (Å²) < 4.78 is 36.3. The van der Waals surface area contributed by atoms with E-state index in [0.29, 0.717) is 11.3 Å². The van der Waals surface area contributed by atoms with E-state index in [1.165, 1.54) is 0 Å². The fraction of sp³-hybridized carbons (Fsp3) is 0.375. The van der Waals surface area contributed by atoms with Gasteiger partial charge in [0.15, 0.2) is 5.69 Å². The molecule has 66 valence electrons. The monoisotopic (exact) mass is 176 g/mol. The van der Waals surface area contributed by atoms with E-state index in [0.717, 1.165) is 6.07 Å². The van der Waals surface area contributed by atoms with Gasteiger partial charge in [-0.1, -0.05) is 0 Å². The topological polar surface area (TPSA) is 14.1 Å². The van der Waals surface area contributed by atoms with Gasteiger partial charge in [-0.3, -0.25) is 0 Å². The van der Waals surface area contributed by atoms with Gasteiger partial charge in [-0.15, -0.1) is 0 Å². The van der Waals surface area contributed by atoms with Crippen LogP contribution in [0.1, 0.15) is 17.0 Å². The summed E-state index contributed by atoms with van der Waals surface area (Å²) in [4.78, 5) is 2.26. The van der Waals surface area contributed by atoms with Crippen LogP contribution in [0.3, 0.4) is 0 Å². The number of pyridine rings is 1. The van der Waals surface area contributed by atoms with Crippen molar-refractivity contribution in [3.63, 3.8) is 0 Å². The van der Waals surface area contributed by atoms with E-state index in [-0.39, 0.29) is 0 Å². The third-order valence-corrected chi connectivity index (χ3v) is 1.45. The Morgan fingerprint density at radius 2 is 1.75 bits per heavy atom. The second-order valence-corrected chi connectivity index (χ2v) is 2.75. The first kappa shape index (κ1) is 9.03. The zero-order chi connectivity index (χ0) is 9.35. The normalized spacial score (nSPS) is 11.8. The molecule has 0 unspecified atom stereocenters. The summed E-state index contributed by atoms with van der Waals surface area (Å²) in [5.41, 5.74) is 0.431. The molecule has 0 aliphatic rings. The molecule has 1 aromatic rings. The van der Waals surface area contributed by atoms with E-state index in [1.807, 2.05) is 0 Å². The van der Waals surface area contributed by atoms with Crippen LogP contribution < -0.4 is 4.98 Å². The third kappa shape index (κ3) is 1.96. The predicted octanol–water partition coefficient (Wildman–Crippen LogP) is 2.14. The number of aromatic amines is 1. The highest BCUT2D eigenvalue weighted by Gasteiger charge is 2.38. The number of hydrogen-bond acceptors (Lipinski definition) is 0. The highest BCUT2D eigenvalue weighted by atomic mass is 19.4. The Bertz CT molecular complexity index is 271. The van der Waals surface area contributed by atoms with E-state index in [4.69, 9.17) is 0 Å². The fourth-order valence-corrected chi connectivity index (χ4v) is 1.05. The van der Waals surface area contributed by atoms with Crippen LogP contribution in [0.15, 0.2) is 12.1 Å². The molecule has 0 amide bonds. The van der Waals surface area contributed by atoms with Gasteiger partial charge in [0.05, 0.1) is 0 Å². The van der Waals surface area contributed by atoms with Gasteiger partial charge in [-0.2, -0.15) is 13.2 Å². The number of aromatic nitrogens is 1. The Kier molecular flexibility index (Phi) is 2.08. The molecule has 0 aromatic carbocycles. The number of halogens is 3. The average molecular weight is 176 g/mol. The summed E-state index contributed by atoms with van der Waals surface area (Å²) in [6, 6.07) is 2.75. The molecule has 1 N–H and O–H groups in total.